The minimum Gasteiger partial charge on any atom is -0.469 e. The molecular weight excluding hydrogens is 418 g/mol. The standard InChI is InChI=1S/C20H22ClNO6S/c1-14-6-9-16(10-7-14)29(25,26)22(12-4-5-19(23)27-2)18-11-8-15(21)13-17(18)20(24)28-3/h6-11,13H,4-5,12H2,1-3H3. The van der Waals surface area contributed by atoms with Crippen LogP contribution in [0.2, 0.25) is 5.02 Å². The fourth-order valence-electron chi connectivity index (χ4n) is 2.68. The zero-order chi connectivity index (χ0) is 21.6. The number of aryl methyl sites for hydroxylation is 1. The molecule has 0 unspecified atom stereocenters. The van der Waals surface area contributed by atoms with Crippen LogP contribution in [0.25, 0.3) is 0 Å². The Morgan fingerprint density at radius 1 is 1.03 bits per heavy atom. The summed E-state index contributed by atoms with van der Waals surface area (Å²) in [6, 6.07) is 10.6. The van der Waals surface area contributed by atoms with Crippen molar-refractivity contribution in [1.82, 2.24) is 0 Å². The number of ether oxygens (including phenoxy) is 2. The van der Waals surface area contributed by atoms with E-state index in [-0.39, 0.29) is 40.6 Å². The molecular formula is C20H22ClNO6S. The number of carbonyl (C=O) groups excluding carboxylic acids is 2. The van der Waals surface area contributed by atoms with Crippen molar-refractivity contribution in [3.63, 3.8) is 0 Å². The van der Waals surface area contributed by atoms with Gasteiger partial charge in [-0.1, -0.05) is 29.3 Å². The summed E-state index contributed by atoms with van der Waals surface area (Å²) in [6.07, 6.45) is 0.221. The number of hydrogen-bond donors (Lipinski definition) is 0. The number of halogens is 1. The van der Waals surface area contributed by atoms with E-state index in [0.29, 0.717) is 0 Å². The molecule has 0 saturated heterocycles. The number of nitrogens with zero attached hydrogens (tertiary/aromatic N) is 1. The van der Waals surface area contributed by atoms with Crippen molar-refractivity contribution in [3.05, 3.63) is 58.6 Å². The maximum Gasteiger partial charge on any atom is 0.340 e. The van der Waals surface area contributed by atoms with Crippen molar-refractivity contribution in [3.8, 4) is 0 Å². The van der Waals surface area contributed by atoms with Gasteiger partial charge >= 0.3 is 11.9 Å². The van der Waals surface area contributed by atoms with Gasteiger partial charge in [0, 0.05) is 18.0 Å². The SMILES string of the molecule is COC(=O)CCCN(c1ccc(Cl)cc1C(=O)OC)S(=O)(=O)c1ccc(C)cc1. The molecule has 0 fully saturated rings. The van der Waals surface area contributed by atoms with Gasteiger partial charge in [-0.15, -0.1) is 0 Å². The fourth-order valence-corrected chi connectivity index (χ4v) is 4.37. The van der Waals surface area contributed by atoms with E-state index >= 15 is 0 Å². The molecule has 7 nitrogen and oxygen atoms in total. The third-order valence-corrected chi connectivity index (χ3v) is 6.27. The molecule has 0 aromatic heterocycles. The number of esters is 2. The topological polar surface area (TPSA) is 90.0 Å². The summed E-state index contributed by atoms with van der Waals surface area (Å²) in [5.74, 6) is -1.18. The highest BCUT2D eigenvalue weighted by Gasteiger charge is 2.29. The Morgan fingerprint density at radius 2 is 1.69 bits per heavy atom. The van der Waals surface area contributed by atoms with Crippen LogP contribution in [0.4, 0.5) is 5.69 Å². The van der Waals surface area contributed by atoms with E-state index in [1.165, 1.54) is 44.6 Å². The molecule has 29 heavy (non-hydrogen) atoms. The van der Waals surface area contributed by atoms with Gasteiger partial charge in [-0.2, -0.15) is 0 Å². The van der Waals surface area contributed by atoms with Gasteiger partial charge < -0.3 is 9.47 Å². The molecule has 0 amide bonds. The summed E-state index contributed by atoms with van der Waals surface area (Å²) in [6.45, 7) is 1.80. The molecule has 0 atom stereocenters. The highest BCUT2D eigenvalue weighted by molar-refractivity contribution is 7.92. The van der Waals surface area contributed by atoms with Crippen molar-refractivity contribution in [2.24, 2.45) is 0 Å². The van der Waals surface area contributed by atoms with Gasteiger partial charge in [0.1, 0.15) is 0 Å². The first-order chi connectivity index (χ1) is 13.7. The van der Waals surface area contributed by atoms with Gasteiger partial charge in [0.25, 0.3) is 10.0 Å². The van der Waals surface area contributed by atoms with Crippen LogP contribution in [0.3, 0.4) is 0 Å². The number of hydrogen-bond acceptors (Lipinski definition) is 6. The van der Waals surface area contributed by atoms with E-state index in [4.69, 9.17) is 16.3 Å². The number of anilines is 1. The lowest BCUT2D eigenvalue weighted by Gasteiger charge is -2.26. The zero-order valence-corrected chi connectivity index (χ0v) is 17.9. The lowest BCUT2D eigenvalue weighted by molar-refractivity contribution is -0.140. The summed E-state index contributed by atoms with van der Waals surface area (Å²) < 4.78 is 37.2. The average molecular weight is 440 g/mol. The van der Waals surface area contributed by atoms with Crippen LogP contribution < -0.4 is 4.31 Å². The van der Waals surface area contributed by atoms with Crippen LogP contribution in [0.5, 0.6) is 0 Å². The lowest BCUT2D eigenvalue weighted by Crippen LogP contribution is -2.33. The van der Waals surface area contributed by atoms with Crippen LogP contribution in [-0.4, -0.2) is 41.1 Å². The number of sulfonamides is 1. The van der Waals surface area contributed by atoms with Crippen LogP contribution in [0, 0.1) is 6.92 Å². The summed E-state index contributed by atoms with van der Waals surface area (Å²) in [5, 5.41) is 0.261. The zero-order valence-electron chi connectivity index (χ0n) is 16.3. The van der Waals surface area contributed by atoms with Gasteiger partial charge in [0.2, 0.25) is 0 Å². The van der Waals surface area contributed by atoms with Gasteiger partial charge in [-0.05, 0) is 43.7 Å². The maximum atomic E-state index is 13.4. The molecule has 0 aliphatic rings. The van der Waals surface area contributed by atoms with Crippen LogP contribution >= 0.6 is 11.6 Å². The van der Waals surface area contributed by atoms with Crippen molar-refractivity contribution in [2.45, 2.75) is 24.7 Å². The first-order valence-electron chi connectivity index (χ1n) is 8.74. The molecule has 9 heteroatoms. The van der Waals surface area contributed by atoms with E-state index in [0.717, 1.165) is 9.87 Å². The molecule has 2 rings (SSSR count). The highest BCUT2D eigenvalue weighted by Crippen LogP contribution is 2.30. The Morgan fingerprint density at radius 3 is 2.28 bits per heavy atom. The molecule has 156 valence electrons. The normalized spacial score (nSPS) is 11.0. The van der Waals surface area contributed by atoms with Gasteiger partial charge in [-0.3, -0.25) is 9.10 Å². The van der Waals surface area contributed by atoms with Crippen molar-refractivity contribution >= 4 is 39.3 Å². The third kappa shape index (κ3) is 5.48. The van der Waals surface area contributed by atoms with E-state index in [9.17, 15) is 18.0 Å². The largest absolute Gasteiger partial charge is 0.469 e. The monoisotopic (exact) mass is 439 g/mol. The Labute approximate surface area is 175 Å². The first kappa shape index (κ1) is 22.7. The number of rotatable bonds is 8. The van der Waals surface area contributed by atoms with E-state index in [2.05, 4.69) is 4.74 Å². The summed E-state index contributed by atoms with van der Waals surface area (Å²) in [5.41, 5.74) is 1.03. The Bertz CT molecular complexity index is 989. The van der Waals surface area contributed by atoms with E-state index < -0.39 is 22.0 Å². The van der Waals surface area contributed by atoms with Crippen molar-refractivity contribution in [1.29, 1.82) is 0 Å². The number of benzene rings is 2. The molecule has 2 aromatic rings. The molecule has 0 heterocycles. The lowest BCUT2D eigenvalue weighted by atomic mass is 10.1. The molecule has 0 bridgehead atoms. The Hall–Kier alpha value is -2.58. The molecule has 0 aliphatic carbocycles. The quantitative estimate of drug-likeness (QED) is 0.584. The minimum absolute atomic E-state index is 0.00811. The predicted molar refractivity (Wildman–Crippen MR) is 110 cm³/mol. The summed E-state index contributed by atoms with van der Waals surface area (Å²) >= 11 is 6.00. The average Bonchev–Trinajstić information content (AvgIpc) is 2.70. The molecule has 0 saturated carbocycles. The molecule has 2 aromatic carbocycles. The molecule has 0 radical (unpaired) electrons. The first-order valence-corrected chi connectivity index (χ1v) is 10.6. The van der Waals surface area contributed by atoms with Crippen molar-refractivity contribution < 1.29 is 27.5 Å². The van der Waals surface area contributed by atoms with Gasteiger partial charge in [0.15, 0.2) is 0 Å². The fraction of sp³-hybridized carbons (Fsp3) is 0.300. The second-order valence-electron chi connectivity index (χ2n) is 6.22. The Kier molecular flexibility index (Phi) is 7.64. The van der Waals surface area contributed by atoms with Crippen LogP contribution in [0.1, 0.15) is 28.8 Å². The smallest absolute Gasteiger partial charge is 0.340 e. The van der Waals surface area contributed by atoms with Crippen molar-refractivity contribution in [2.75, 3.05) is 25.1 Å². The number of carbonyl (C=O) groups is 2. The van der Waals surface area contributed by atoms with Crippen LogP contribution in [0.15, 0.2) is 47.4 Å². The van der Waals surface area contributed by atoms with E-state index in [1.54, 1.807) is 12.1 Å². The summed E-state index contributed by atoms with van der Waals surface area (Å²) in [7, 11) is -1.56. The van der Waals surface area contributed by atoms with Gasteiger partial charge in [-0.25, -0.2) is 13.2 Å². The second-order valence-corrected chi connectivity index (χ2v) is 8.52. The summed E-state index contributed by atoms with van der Waals surface area (Å²) in [4.78, 5) is 23.8. The van der Waals surface area contributed by atoms with Gasteiger partial charge in [0.05, 0.1) is 30.4 Å². The molecule has 0 N–H and O–H groups in total. The van der Waals surface area contributed by atoms with E-state index in [1.807, 2.05) is 6.92 Å². The number of methoxy groups -OCH3 is 2. The third-order valence-electron chi connectivity index (χ3n) is 4.21. The Balaban J connectivity index is 2.55. The molecule has 0 aliphatic heterocycles. The molecule has 0 spiro atoms. The van der Waals surface area contributed by atoms with Crippen LogP contribution in [-0.2, 0) is 24.3 Å². The predicted octanol–water partition coefficient (Wildman–Crippen LogP) is 3.58. The second kappa shape index (κ2) is 9.76. The highest BCUT2D eigenvalue weighted by atomic mass is 35.5. The minimum atomic E-state index is -4.02. The maximum absolute atomic E-state index is 13.4.